The molecule has 0 aromatic carbocycles. The van der Waals surface area contributed by atoms with Crippen LogP contribution in [0.25, 0.3) is 0 Å². The molecule has 1 fully saturated rings. The predicted molar refractivity (Wildman–Crippen MR) is 50.1 cm³/mol. The molecule has 1 heterocycles. The van der Waals surface area contributed by atoms with Crippen LogP contribution in [0, 0.1) is 5.92 Å². The Kier molecular flexibility index (Phi) is 2.57. The molecule has 2 nitrogen and oxygen atoms in total. The van der Waals surface area contributed by atoms with Gasteiger partial charge in [0.2, 0.25) is 0 Å². The first kappa shape index (κ1) is 9.72. The molecule has 1 saturated heterocycles. The number of hydrogen-bond acceptors (Lipinski definition) is 2. The summed E-state index contributed by atoms with van der Waals surface area (Å²) in [5, 5.41) is 0. The van der Waals surface area contributed by atoms with E-state index in [1.807, 2.05) is 6.92 Å². The third-order valence-corrected chi connectivity index (χ3v) is 2.68. The fraction of sp³-hybridized carbons (Fsp3) is 0.900. The van der Waals surface area contributed by atoms with Gasteiger partial charge in [-0.15, -0.1) is 0 Å². The number of carbonyl (C=O) groups excluding carboxylic acids is 1. The fourth-order valence-electron chi connectivity index (χ4n) is 1.51. The highest BCUT2D eigenvalue weighted by atomic mass is 16.1. The molecule has 1 aliphatic heterocycles. The molecule has 0 N–H and O–H groups in total. The Bertz CT molecular complexity index is 181. The molecule has 12 heavy (non-hydrogen) atoms. The van der Waals surface area contributed by atoms with E-state index in [0.29, 0.717) is 12.3 Å². The van der Waals surface area contributed by atoms with Crippen molar-refractivity contribution in [1.29, 1.82) is 0 Å². The molecule has 1 aliphatic rings. The van der Waals surface area contributed by atoms with Gasteiger partial charge < -0.3 is 0 Å². The first-order valence-corrected chi connectivity index (χ1v) is 4.69. The van der Waals surface area contributed by atoms with Crippen molar-refractivity contribution in [2.45, 2.75) is 39.7 Å². The SMILES string of the molecule is C[C@@H]1CCN(C(C)(C)C)CC1=O. The number of ketones is 1. The van der Waals surface area contributed by atoms with Crippen molar-refractivity contribution in [2.75, 3.05) is 13.1 Å². The normalized spacial score (nSPS) is 27.7. The third-order valence-electron chi connectivity index (χ3n) is 2.68. The number of piperidine rings is 1. The minimum atomic E-state index is 0.149. The minimum absolute atomic E-state index is 0.149. The Morgan fingerprint density at radius 2 is 2.00 bits per heavy atom. The number of rotatable bonds is 0. The highest BCUT2D eigenvalue weighted by Gasteiger charge is 2.29. The maximum atomic E-state index is 11.4. The van der Waals surface area contributed by atoms with Crippen LogP contribution in [-0.2, 0) is 4.79 Å². The molecule has 0 spiro atoms. The first-order valence-electron chi connectivity index (χ1n) is 4.69. The molecule has 1 atom stereocenters. The number of likely N-dealkylation sites (tertiary alicyclic amines) is 1. The van der Waals surface area contributed by atoms with Gasteiger partial charge in [0.1, 0.15) is 5.78 Å². The lowest BCUT2D eigenvalue weighted by Gasteiger charge is -2.39. The molecule has 70 valence electrons. The second-order valence-corrected chi connectivity index (χ2v) is 4.75. The molecule has 0 amide bonds. The lowest BCUT2D eigenvalue weighted by molar-refractivity contribution is -0.128. The molecule has 0 bridgehead atoms. The average molecular weight is 169 g/mol. The lowest BCUT2D eigenvalue weighted by atomic mass is 9.93. The minimum Gasteiger partial charge on any atom is -0.298 e. The van der Waals surface area contributed by atoms with Crippen LogP contribution >= 0.6 is 0 Å². The summed E-state index contributed by atoms with van der Waals surface area (Å²) in [5.41, 5.74) is 0.149. The van der Waals surface area contributed by atoms with Crippen molar-refractivity contribution in [2.24, 2.45) is 5.92 Å². The number of Topliss-reactive ketones (excluding diaryl/α,β-unsaturated/α-hetero) is 1. The van der Waals surface area contributed by atoms with Crippen LogP contribution in [0.4, 0.5) is 0 Å². The monoisotopic (exact) mass is 169 g/mol. The summed E-state index contributed by atoms with van der Waals surface area (Å²) in [6.45, 7) is 10.2. The van der Waals surface area contributed by atoms with E-state index in [0.717, 1.165) is 13.0 Å². The number of carbonyl (C=O) groups is 1. The van der Waals surface area contributed by atoms with Gasteiger partial charge in [-0.2, -0.15) is 0 Å². The van der Waals surface area contributed by atoms with Gasteiger partial charge in [-0.3, -0.25) is 9.69 Å². The summed E-state index contributed by atoms with van der Waals surface area (Å²) in [6.07, 6.45) is 1.02. The summed E-state index contributed by atoms with van der Waals surface area (Å²) in [5.74, 6) is 0.680. The Labute approximate surface area is 74.9 Å². The highest BCUT2D eigenvalue weighted by molar-refractivity contribution is 5.83. The zero-order chi connectivity index (χ0) is 9.35. The second-order valence-electron chi connectivity index (χ2n) is 4.75. The molecule has 0 aromatic rings. The van der Waals surface area contributed by atoms with Crippen molar-refractivity contribution in [3.8, 4) is 0 Å². The van der Waals surface area contributed by atoms with E-state index in [9.17, 15) is 4.79 Å². The van der Waals surface area contributed by atoms with Crippen LogP contribution < -0.4 is 0 Å². The molecule has 0 aromatic heterocycles. The predicted octanol–water partition coefficient (Wildman–Crippen LogP) is 1.70. The Morgan fingerprint density at radius 1 is 1.42 bits per heavy atom. The molecular weight excluding hydrogens is 150 g/mol. The first-order chi connectivity index (χ1) is 5.41. The maximum Gasteiger partial charge on any atom is 0.149 e. The van der Waals surface area contributed by atoms with E-state index in [4.69, 9.17) is 0 Å². The third kappa shape index (κ3) is 2.07. The Balaban J connectivity index is 2.57. The van der Waals surface area contributed by atoms with Gasteiger partial charge in [0.15, 0.2) is 0 Å². The summed E-state index contributed by atoms with van der Waals surface area (Å²) < 4.78 is 0. The van der Waals surface area contributed by atoms with Crippen LogP contribution in [0.2, 0.25) is 0 Å². The Hall–Kier alpha value is -0.370. The molecule has 2 heteroatoms. The molecule has 1 rings (SSSR count). The topological polar surface area (TPSA) is 20.3 Å². The zero-order valence-corrected chi connectivity index (χ0v) is 8.55. The van der Waals surface area contributed by atoms with Crippen molar-refractivity contribution in [3.05, 3.63) is 0 Å². The Morgan fingerprint density at radius 3 is 2.42 bits per heavy atom. The van der Waals surface area contributed by atoms with E-state index < -0.39 is 0 Å². The summed E-state index contributed by atoms with van der Waals surface area (Å²) in [6, 6.07) is 0. The van der Waals surface area contributed by atoms with Crippen molar-refractivity contribution in [1.82, 2.24) is 4.90 Å². The fourth-order valence-corrected chi connectivity index (χ4v) is 1.51. The van der Waals surface area contributed by atoms with Gasteiger partial charge in [-0.1, -0.05) is 6.92 Å². The lowest BCUT2D eigenvalue weighted by Crippen LogP contribution is -2.49. The molecular formula is C10H19NO. The summed E-state index contributed by atoms with van der Waals surface area (Å²) >= 11 is 0. The van der Waals surface area contributed by atoms with Gasteiger partial charge in [0, 0.05) is 11.5 Å². The van der Waals surface area contributed by atoms with Gasteiger partial charge in [-0.05, 0) is 33.7 Å². The van der Waals surface area contributed by atoms with Crippen molar-refractivity contribution < 1.29 is 4.79 Å². The van der Waals surface area contributed by atoms with E-state index in [1.165, 1.54) is 0 Å². The highest BCUT2D eigenvalue weighted by Crippen LogP contribution is 2.20. The van der Waals surface area contributed by atoms with E-state index in [-0.39, 0.29) is 11.5 Å². The second kappa shape index (κ2) is 3.17. The summed E-state index contributed by atoms with van der Waals surface area (Å²) in [7, 11) is 0. The van der Waals surface area contributed by atoms with E-state index >= 15 is 0 Å². The van der Waals surface area contributed by atoms with Crippen LogP contribution in [-0.4, -0.2) is 29.3 Å². The molecule has 0 unspecified atom stereocenters. The van der Waals surface area contributed by atoms with Crippen LogP contribution in [0.15, 0.2) is 0 Å². The van der Waals surface area contributed by atoms with Gasteiger partial charge >= 0.3 is 0 Å². The molecule has 0 radical (unpaired) electrons. The van der Waals surface area contributed by atoms with Crippen LogP contribution in [0.5, 0.6) is 0 Å². The zero-order valence-electron chi connectivity index (χ0n) is 8.55. The average Bonchev–Trinajstić information content (AvgIpc) is 1.92. The van der Waals surface area contributed by atoms with Gasteiger partial charge in [-0.25, -0.2) is 0 Å². The van der Waals surface area contributed by atoms with Crippen LogP contribution in [0.1, 0.15) is 34.1 Å². The van der Waals surface area contributed by atoms with Crippen molar-refractivity contribution in [3.63, 3.8) is 0 Å². The van der Waals surface area contributed by atoms with E-state index in [1.54, 1.807) is 0 Å². The molecule has 0 aliphatic carbocycles. The van der Waals surface area contributed by atoms with Gasteiger partial charge in [0.05, 0.1) is 6.54 Å². The van der Waals surface area contributed by atoms with Crippen LogP contribution in [0.3, 0.4) is 0 Å². The standard InChI is InChI=1S/C10H19NO/c1-8-5-6-11(7-9(8)12)10(2,3)4/h8H,5-7H2,1-4H3/t8-/m1/s1. The number of hydrogen-bond donors (Lipinski definition) is 0. The van der Waals surface area contributed by atoms with E-state index in [2.05, 4.69) is 25.7 Å². The van der Waals surface area contributed by atoms with Crippen molar-refractivity contribution >= 4 is 5.78 Å². The summed E-state index contributed by atoms with van der Waals surface area (Å²) in [4.78, 5) is 13.7. The smallest absolute Gasteiger partial charge is 0.149 e. The quantitative estimate of drug-likeness (QED) is 0.550. The largest absolute Gasteiger partial charge is 0.298 e. The molecule has 0 saturated carbocycles. The van der Waals surface area contributed by atoms with Gasteiger partial charge in [0.25, 0.3) is 0 Å². The number of nitrogens with zero attached hydrogens (tertiary/aromatic N) is 1. The maximum absolute atomic E-state index is 11.4.